The van der Waals surface area contributed by atoms with Gasteiger partial charge in [-0.3, -0.25) is 0 Å². The third-order valence-electron chi connectivity index (χ3n) is 3.25. The number of nitrogens with one attached hydrogen (secondary N) is 1. The number of halogens is 1. The van der Waals surface area contributed by atoms with E-state index in [9.17, 15) is 4.79 Å². The molecule has 2 heterocycles. The summed E-state index contributed by atoms with van der Waals surface area (Å²) in [6, 6.07) is 3.74. The van der Waals surface area contributed by atoms with E-state index in [1.165, 1.54) is 0 Å². The lowest BCUT2D eigenvalue weighted by Gasteiger charge is -2.32. The summed E-state index contributed by atoms with van der Waals surface area (Å²) in [5, 5.41) is 12.5. The largest absolute Gasteiger partial charge is 0.476 e. The first-order valence-corrected chi connectivity index (χ1v) is 6.31. The van der Waals surface area contributed by atoms with Crippen molar-refractivity contribution < 1.29 is 9.90 Å². The first-order valence-electron chi connectivity index (χ1n) is 5.93. The maximum Gasteiger partial charge on any atom is 0.356 e. The van der Waals surface area contributed by atoms with Crippen molar-refractivity contribution in [2.75, 3.05) is 25.0 Å². The molecule has 0 aromatic carbocycles. The Balaban J connectivity index is 2.21. The van der Waals surface area contributed by atoms with Crippen LogP contribution in [0.1, 0.15) is 23.3 Å². The SMILES string of the molecule is CN(c1ccc(Cl)c(C(=O)O)n1)C1CCNCC1. The zero-order valence-corrected chi connectivity index (χ0v) is 10.9. The van der Waals surface area contributed by atoms with Crippen molar-refractivity contribution in [2.45, 2.75) is 18.9 Å². The van der Waals surface area contributed by atoms with Gasteiger partial charge >= 0.3 is 5.97 Å². The minimum Gasteiger partial charge on any atom is -0.476 e. The second-order valence-electron chi connectivity index (χ2n) is 4.40. The van der Waals surface area contributed by atoms with Crippen LogP contribution in [0.5, 0.6) is 0 Å². The lowest BCUT2D eigenvalue weighted by Crippen LogP contribution is -2.41. The average molecular weight is 270 g/mol. The van der Waals surface area contributed by atoms with Gasteiger partial charge in [0.05, 0.1) is 5.02 Å². The fourth-order valence-electron chi connectivity index (χ4n) is 2.16. The van der Waals surface area contributed by atoms with Gasteiger partial charge in [0.25, 0.3) is 0 Å². The van der Waals surface area contributed by atoms with Crippen LogP contribution >= 0.6 is 11.6 Å². The van der Waals surface area contributed by atoms with Gasteiger partial charge < -0.3 is 15.3 Å². The molecule has 5 nitrogen and oxygen atoms in total. The Morgan fingerprint density at radius 3 is 2.78 bits per heavy atom. The van der Waals surface area contributed by atoms with Crippen LogP contribution in [-0.4, -0.2) is 42.2 Å². The maximum absolute atomic E-state index is 11.0. The summed E-state index contributed by atoms with van der Waals surface area (Å²) in [5.41, 5.74) is -0.0880. The number of hydrogen-bond donors (Lipinski definition) is 2. The molecule has 0 bridgehead atoms. The molecule has 0 amide bonds. The quantitative estimate of drug-likeness (QED) is 0.873. The van der Waals surface area contributed by atoms with Gasteiger partial charge in [0.15, 0.2) is 5.69 Å². The van der Waals surface area contributed by atoms with E-state index in [2.05, 4.69) is 10.3 Å². The van der Waals surface area contributed by atoms with E-state index in [0.29, 0.717) is 11.9 Å². The van der Waals surface area contributed by atoms with Crippen LogP contribution in [0.3, 0.4) is 0 Å². The molecule has 0 saturated carbocycles. The van der Waals surface area contributed by atoms with Crippen LogP contribution in [0, 0.1) is 0 Å². The minimum absolute atomic E-state index is 0.0880. The van der Waals surface area contributed by atoms with Gasteiger partial charge in [-0.2, -0.15) is 0 Å². The number of piperidine rings is 1. The molecule has 0 unspecified atom stereocenters. The van der Waals surface area contributed by atoms with Crippen molar-refractivity contribution in [3.63, 3.8) is 0 Å². The molecule has 18 heavy (non-hydrogen) atoms. The number of hydrogen-bond acceptors (Lipinski definition) is 4. The molecule has 2 rings (SSSR count). The Morgan fingerprint density at radius 1 is 1.50 bits per heavy atom. The van der Waals surface area contributed by atoms with Crippen LogP contribution < -0.4 is 10.2 Å². The molecule has 1 aliphatic rings. The summed E-state index contributed by atoms with van der Waals surface area (Å²) < 4.78 is 0. The number of rotatable bonds is 3. The number of pyridine rings is 1. The van der Waals surface area contributed by atoms with Gasteiger partial charge in [0, 0.05) is 13.1 Å². The van der Waals surface area contributed by atoms with Gasteiger partial charge in [-0.1, -0.05) is 11.6 Å². The highest BCUT2D eigenvalue weighted by Crippen LogP contribution is 2.22. The molecule has 1 saturated heterocycles. The van der Waals surface area contributed by atoms with Crippen molar-refractivity contribution in [3.05, 3.63) is 22.8 Å². The third-order valence-corrected chi connectivity index (χ3v) is 3.56. The van der Waals surface area contributed by atoms with E-state index in [0.717, 1.165) is 25.9 Å². The predicted molar refractivity (Wildman–Crippen MR) is 70.5 cm³/mol. The molecule has 0 radical (unpaired) electrons. The fraction of sp³-hybridized carbons (Fsp3) is 0.500. The molecular weight excluding hydrogens is 254 g/mol. The number of carboxylic acids is 1. The first kappa shape index (κ1) is 13.1. The number of carboxylic acid groups (broad SMARTS) is 1. The Labute approximate surface area is 111 Å². The molecule has 2 N–H and O–H groups in total. The highest BCUT2D eigenvalue weighted by Gasteiger charge is 2.20. The minimum atomic E-state index is -1.10. The highest BCUT2D eigenvalue weighted by atomic mass is 35.5. The normalized spacial score (nSPS) is 16.6. The predicted octanol–water partition coefficient (Wildman–Crippen LogP) is 1.62. The maximum atomic E-state index is 11.0. The lowest BCUT2D eigenvalue weighted by atomic mass is 10.1. The topological polar surface area (TPSA) is 65.5 Å². The van der Waals surface area contributed by atoms with Crippen molar-refractivity contribution >= 4 is 23.4 Å². The second kappa shape index (κ2) is 5.54. The molecule has 98 valence electrons. The molecule has 0 spiro atoms. The van der Waals surface area contributed by atoms with Gasteiger partial charge in [-0.05, 0) is 38.1 Å². The third kappa shape index (κ3) is 2.73. The van der Waals surface area contributed by atoms with Crippen molar-refractivity contribution in [2.24, 2.45) is 0 Å². The van der Waals surface area contributed by atoms with Crippen molar-refractivity contribution in [1.29, 1.82) is 0 Å². The summed E-state index contributed by atoms with van der Waals surface area (Å²) >= 11 is 5.81. The number of nitrogens with zero attached hydrogens (tertiary/aromatic N) is 2. The molecule has 1 aromatic rings. The molecule has 6 heteroatoms. The van der Waals surface area contributed by atoms with E-state index in [-0.39, 0.29) is 10.7 Å². The van der Waals surface area contributed by atoms with E-state index in [4.69, 9.17) is 16.7 Å². The van der Waals surface area contributed by atoms with Crippen molar-refractivity contribution in [1.82, 2.24) is 10.3 Å². The molecule has 1 fully saturated rings. The van der Waals surface area contributed by atoms with E-state index in [1.54, 1.807) is 12.1 Å². The Kier molecular flexibility index (Phi) is 4.04. The lowest BCUT2D eigenvalue weighted by molar-refractivity contribution is 0.0691. The van der Waals surface area contributed by atoms with Crippen LogP contribution in [0.4, 0.5) is 5.82 Å². The monoisotopic (exact) mass is 269 g/mol. The molecule has 1 aliphatic heterocycles. The van der Waals surface area contributed by atoms with Crippen LogP contribution in [-0.2, 0) is 0 Å². The molecule has 0 aliphatic carbocycles. The number of anilines is 1. The Bertz CT molecular complexity index is 447. The summed E-state index contributed by atoms with van der Waals surface area (Å²) in [6.45, 7) is 1.96. The standard InChI is InChI=1S/C12H16ClN3O2/c1-16(8-4-6-14-7-5-8)10-3-2-9(13)11(15-10)12(17)18/h2-3,8,14H,4-7H2,1H3,(H,17,18). The van der Waals surface area contributed by atoms with Gasteiger partial charge in [0.2, 0.25) is 0 Å². The van der Waals surface area contributed by atoms with E-state index >= 15 is 0 Å². The highest BCUT2D eigenvalue weighted by molar-refractivity contribution is 6.33. The molecule has 0 atom stereocenters. The zero-order chi connectivity index (χ0) is 13.1. The van der Waals surface area contributed by atoms with Gasteiger partial charge in [-0.25, -0.2) is 9.78 Å². The number of aromatic carboxylic acids is 1. The van der Waals surface area contributed by atoms with E-state index in [1.807, 2.05) is 11.9 Å². The van der Waals surface area contributed by atoms with Crippen LogP contribution in [0.25, 0.3) is 0 Å². The smallest absolute Gasteiger partial charge is 0.356 e. The zero-order valence-electron chi connectivity index (χ0n) is 10.2. The van der Waals surface area contributed by atoms with Crippen LogP contribution in [0.2, 0.25) is 5.02 Å². The van der Waals surface area contributed by atoms with Crippen molar-refractivity contribution in [3.8, 4) is 0 Å². The summed E-state index contributed by atoms with van der Waals surface area (Å²) in [7, 11) is 1.94. The van der Waals surface area contributed by atoms with Gasteiger partial charge in [-0.15, -0.1) is 0 Å². The molecule has 1 aromatic heterocycles. The van der Waals surface area contributed by atoms with Gasteiger partial charge in [0.1, 0.15) is 5.82 Å². The first-order chi connectivity index (χ1) is 8.59. The molecular formula is C12H16ClN3O2. The fourth-order valence-corrected chi connectivity index (χ4v) is 2.35. The Hall–Kier alpha value is -1.33. The van der Waals surface area contributed by atoms with E-state index < -0.39 is 5.97 Å². The summed E-state index contributed by atoms with van der Waals surface area (Å²) in [5.74, 6) is -0.440. The van der Waals surface area contributed by atoms with Crippen LogP contribution in [0.15, 0.2) is 12.1 Å². The Morgan fingerprint density at radius 2 is 2.17 bits per heavy atom. The second-order valence-corrected chi connectivity index (χ2v) is 4.80. The average Bonchev–Trinajstić information content (AvgIpc) is 2.39. The summed E-state index contributed by atoms with van der Waals surface area (Å²) in [6.07, 6.45) is 2.06. The number of carbonyl (C=O) groups is 1. The summed E-state index contributed by atoms with van der Waals surface area (Å²) in [4.78, 5) is 17.1. The number of aromatic nitrogens is 1.